The van der Waals surface area contributed by atoms with Crippen molar-refractivity contribution in [1.29, 1.82) is 0 Å². The molecule has 0 amide bonds. The van der Waals surface area contributed by atoms with Crippen molar-refractivity contribution in [1.82, 2.24) is 0 Å². The normalized spacial score (nSPS) is 12.2. The third-order valence-electron chi connectivity index (χ3n) is 2.27. The van der Waals surface area contributed by atoms with Gasteiger partial charge in [0.15, 0.2) is 9.84 Å². The Bertz CT molecular complexity index is 470. The van der Waals surface area contributed by atoms with Crippen molar-refractivity contribution in [3.8, 4) is 0 Å². The first-order valence-electron chi connectivity index (χ1n) is 4.94. The van der Waals surface area contributed by atoms with Gasteiger partial charge in [-0.3, -0.25) is 0 Å². The van der Waals surface area contributed by atoms with Gasteiger partial charge in [0.2, 0.25) is 0 Å². The molecule has 0 fully saturated rings. The second-order valence-electron chi connectivity index (χ2n) is 3.49. The van der Waals surface area contributed by atoms with Gasteiger partial charge >= 0.3 is 0 Å². The van der Waals surface area contributed by atoms with Gasteiger partial charge in [0.1, 0.15) is 0 Å². The first kappa shape index (κ1) is 12.0. The number of sulfone groups is 1. The van der Waals surface area contributed by atoms with Crippen molar-refractivity contribution >= 4 is 15.9 Å². The summed E-state index contributed by atoms with van der Waals surface area (Å²) in [6.07, 6.45) is 5.99. The molecule has 0 aromatic heterocycles. The average Bonchev–Trinajstić information content (AvgIpc) is 2.17. The van der Waals surface area contributed by atoms with Crippen LogP contribution in [0.25, 0.3) is 6.08 Å². The smallest absolute Gasteiger partial charge is 0.175 e. The summed E-state index contributed by atoms with van der Waals surface area (Å²) in [5, 5.41) is 0. The van der Waals surface area contributed by atoms with Gasteiger partial charge in [0, 0.05) is 6.26 Å². The van der Waals surface area contributed by atoms with E-state index in [-0.39, 0.29) is 0 Å². The van der Waals surface area contributed by atoms with E-state index in [1.165, 1.54) is 11.8 Å². The van der Waals surface area contributed by atoms with Crippen molar-refractivity contribution in [3.05, 3.63) is 35.4 Å². The van der Waals surface area contributed by atoms with Gasteiger partial charge in [-0.2, -0.15) is 0 Å². The largest absolute Gasteiger partial charge is 0.224 e. The fourth-order valence-electron chi connectivity index (χ4n) is 1.46. The van der Waals surface area contributed by atoms with Crippen LogP contribution >= 0.6 is 0 Å². The summed E-state index contributed by atoms with van der Waals surface area (Å²) in [5.41, 5.74) is 2.16. The molecule has 0 saturated carbocycles. The number of hydrogen-bond acceptors (Lipinski definition) is 2. The lowest BCUT2D eigenvalue weighted by Crippen LogP contribution is -1.98. The van der Waals surface area contributed by atoms with E-state index in [4.69, 9.17) is 0 Å². The summed E-state index contributed by atoms with van der Waals surface area (Å²) in [4.78, 5) is 0.382. The molecule has 1 aromatic carbocycles. The maximum Gasteiger partial charge on any atom is 0.175 e. The zero-order chi connectivity index (χ0) is 11.5. The van der Waals surface area contributed by atoms with Crippen molar-refractivity contribution in [2.75, 3.05) is 6.26 Å². The van der Waals surface area contributed by atoms with Crippen LogP contribution in [-0.2, 0) is 16.3 Å². The SMILES string of the molecule is C/C=C\c1cc(S(C)(=O)=O)ccc1CC. The molecule has 1 rings (SSSR count). The zero-order valence-corrected chi connectivity index (χ0v) is 10.1. The molecule has 0 aliphatic rings. The van der Waals surface area contributed by atoms with Crippen molar-refractivity contribution in [3.63, 3.8) is 0 Å². The molecule has 0 atom stereocenters. The van der Waals surface area contributed by atoms with Gasteiger partial charge in [-0.25, -0.2) is 8.42 Å². The Morgan fingerprint density at radius 3 is 2.47 bits per heavy atom. The lowest BCUT2D eigenvalue weighted by Gasteiger charge is -2.05. The first-order valence-corrected chi connectivity index (χ1v) is 6.84. The van der Waals surface area contributed by atoms with Gasteiger partial charge in [0.05, 0.1) is 4.90 Å². The minimum atomic E-state index is -3.10. The van der Waals surface area contributed by atoms with E-state index in [1.54, 1.807) is 12.1 Å². The Kier molecular flexibility index (Phi) is 3.69. The van der Waals surface area contributed by atoms with E-state index < -0.39 is 9.84 Å². The van der Waals surface area contributed by atoms with Crippen LogP contribution in [0.3, 0.4) is 0 Å². The predicted octanol–water partition coefficient (Wildman–Crippen LogP) is 2.69. The second kappa shape index (κ2) is 4.62. The van der Waals surface area contributed by atoms with Crippen LogP contribution in [0, 0.1) is 0 Å². The van der Waals surface area contributed by atoms with Crippen LogP contribution in [0.5, 0.6) is 0 Å². The molecule has 2 nitrogen and oxygen atoms in total. The van der Waals surface area contributed by atoms with Crippen molar-refractivity contribution in [2.24, 2.45) is 0 Å². The van der Waals surface area contributed by atoms with Gasteiger partial charge < -0.3 is 0 Å². The molecule has 0 radical (unpaired) electrons. The molecule has 0 unspecified atom stereocenters. The highest BCUT2D eigenvalue weighted by Gasteiger charge is 2.08. The third kappa shape index (κ3) is 2.93. The Morgan fingerprint density at radius 2 is 2.00 bits per heavy atom. The third-order valence-corrected chi connectivity index (χ3v) is 3.38. The Labute approximate surface area is 91.6 Å². The number of benzene rings is 1. The van der Waals surface area contributed by atoms with Crippen LogP contribution in [0.15, 0.2) is 29.2 Å². The van der Waals surface area contributed by atoms with Gasteiger partial charge in [-0.1, -0.05) is 25.1 Å². The van der Waals surface area contributed by atoms with Crippen LogP contribution < -0.4 is 0 Å². The maximum atomic E-state index is 11.4. The Hall–Kier alpha value is -1.09. The maximum absolute atomic E-state index is 11.4. The molecule has 0 aliphatic heterocycles. The van der Waals surface area contributed by atoms with Crippen LogP contribution in [0.1, 0.15) is 25.0 Å². The number of aryl methyl sites for hydroxylation is 1. The Morgan fingerprint density at radius 1 is 1.33 bits per heavy atom. The molecule has 1 aromatic rings. The monoisotopic (exact) mass is 224 g/mol. The number of allylic oxidation sites excluding steroid dienone is 1. The standard InChI is InChI=1S/C12H16O2S/c1-4-6-11-9-12(15(3,13)14)8-7-10(11)5-2/h4,6-9H,5H2,1-3H3/b6-4-. The molecule has 3 heteroatoms. The topological polar surface area (TPSA) is 34.1 Å². The van der Waals surface area contributed by atoms with E-state index in [9.17, 15) is 8.42 Å². The highest BCUT2D eigenvalue weighted by molar-refractivity contribution is 7.90. The fourth-order valence-corrected chi connectivity index (χ4v) is 2.12. The molecular formula is C12H16O2S. The summed E-state index contributed by atoms with van der Waals surface area (Å²) >= 11 is 0. The van der Waals surface area contributed by atoms with E-state index in [2.05, 4.69) is 6.92 Å². The van der Waals surface area contributed by atoms with Gasteiger partial charge in [0.25, 0.3) is 0 Å². The minimum Gasteiger partial charge on any atom is -0.224 e. The van der Waals surface area contributed by atoms with Crippen LogP contribution in [0.2, 0.25) is 0 Å². The molecule has 0 heterocycles. The van der Waals surface area contributed by atoms with Crippen molar-refractivity contribution < 1.29 is 8.42 Å². The van der Waals surface area contributed by atoms with Gasteiger partial charge in [-0.05, 0) is 36.6 Å². The van der Waals surface area contributed by atoms with Crippen LogP contribution in [0.4, 0.5) is 0 Å². The van der Waals surface area contributed by atoms with E-state index >= 15 is 0 Å². The van der Waals surface area contributed by atoms with E-state index in [0.29, 0.717) is 4.90 Å². The lowest BCUT2D eigenvalue weighted by molar-refractivity contribution is 0.602. The lowest BCUT2D eigenvalue weighted by atomic mass is 10.1. The molecule has 0 saturated heterocycles. The minimum absolute atomic E-state index is 0.382. The first-order chi connectivity index (χ1) is 6.99. The quantitative estimate of drug-likeness (QED) is 0.791. The highest BCUT2D eigenvalue weighted by atomic mass is 32.2. The average molecular weight is 224 g/mol. The number of rotatable bonds is 3. The van der Waals surface area contributed by atoms with E-state index in [0.717, 1.165) is 12.0 Å². The molecular weight excluding hydrogens is 208 g/mol. The molecule has 0 N–H and O–H groups in total. The molecule has 15 heavy (non-hydrogen) atoms. The highest BCUT2D eigenvalue weighted by Crippen LogP contribution is 2.18. The summed E-state index contributed by atoms with van der Waals surface area (Å²) in [7, 11) is -3.10. The summed E-state index contributed by atoms with van der Waals surface area (Å²) in [5.74, 6) is 0. The molecule has 82 valence electrons. The van der Waals surface area contributed by atoms with Crippen LogP contribution in [-0.4, -0.2) is 14.7 Å². The van der Waals surface area contributed by atoms with Crippen molar-refractivity contribution in [2.45, 2.75) is 25.2 Å². The predicted molar refractivity (Wildman–Crippen MR) is 63.6 cm³/mol. The van der Waals surface area contributed by atoms with Gasteiger partial charge in [-0.15, -0.1) is 0 Å². The summed E-state index contributed by atoms with van der Waals surface area (Å²) < 4.78 is 22.7. The zero-order valence-electron chi connectivity index (χ0n) is 9.32. The number of hydrogen-bond donors (Lipinski definition) is 0. The second-order valence-corrected chi connectivity index (χ2v) is 5.50. The Balaban J connectivity index is 3.34. The van der Waals surface area contributed by atoms with E-state index in [1.807, 2.05) is 25.1 Å². The molecule has 0 spiro atoms. The fraction of sp³-hybridized carbons (Fsp3) is 0.333. The summed E-state index contributed by atoms with van der Waals surface area (Å²) in [6, 6.07) is 5.28. The molecule has 0 aliphatic carbocycles. The molecule has 0 bridgehead atoms. The summed E-state index contributed by atoms with van der Waals surface area (Å²) in [6.45, 7) is 3.98.